The highest BCUT2D eigenvalue weighted by Gasteiger charge is 2.40. The molecular weight excluding hydrogens is 544 g/mol. The second-order valence-corrected chi connectivity index (χ2v) is 11.8. The average molecular weight is 583 g/mol. The van der Waals surface area contributed by atoms with Crippen molar-refractivity contribution in [1.82, 2.24) is 20.0 Å². The number of hydrogen-bond donors (Lipinski definition) is 1. The highest BCUT2D eigenvalue weighted by Crippen LogP contribution is 2.39. The Morgan fingerprint density at radius 3 is 2.53 bits per heavy atom. The molecule has 0 aliphatic carbocycles. The van der Waals surface area contributed by atoms with Gasteiger partial charge in [-0.15, -0.1) is 0 Å². The van der Waals surface area contributed by atoms with E-state index >= 15 is 0 Å². The van der Waals surface area contributed by atoms with Crippen molar-refractivity contribution >= 4 is 5.97 Å². The second-order valence-electron chi connectivity index (χ2n) is 11.8. The molecular formula is C34H38N4O5. The van der Waals surface area contributed by atoms with E-state index in [2.05, 4.69) is 44.3 Å². The average Bonchev–Trinajstić information content (AvgIpc) is 3.50. The molecule has 1 spiro atoms. The Balaban J connectivity index is 0.943. The first kappa shape index (κ1) is 29.0. The Hall–Kier alpha value is -4.08. The number of benzene rings is 2. The van der Waals surface area contributed by atoms with Gasteiger partial charge in [-0.25, -0.2) is 0 Å². The molecule has 43 heavy (non-hydrogen) atoms. The van der Waals surface area contributed by atoms with Gasteiger partial charge in [-0.1, -0.05) is 41.6 Å². The van der Waals surface area contributed by atoms with Crippen LogP contribution in [-0.2, 0) is 35.5 Å². The molecule has 2 aromatic carbocycles. The minimum Gasteiger partial charge on any atom is -0.489 e. The number of piperidine rings is 1. The molecule has 2 aliphatic heterocycles. The van der Waals surface area contributed by atoms with Crippen LogP contribution in [0.25, 0.3) is 11.4 Å². The molecule has 2 saturated heterocycles. The number of likely N-dealkylation sites (tertiary alicyclic amines) is 1. The SMILES string of the molecule is O=C(O)CCc1ccc(OCc2ccc(CN3CCC4(CC3)CC(Cc3nc(-c5cccnc5)no3)CCO4)cc2)cc1. The summed E-state index contributed by atoms with van der Waals surface area (Å²) in [5, 5.41) is 13.0. The summed E-state index contributed by atoms with van der Waals surface area (Å²) < 4.78 is 17.9. The van der Waals surface area contributed by atoms with Crippen LogP contribution in [-0.4, -0.2) is 56.4 Å². The lowest BCUT2D eigenvalue weighted by molar-refractivity contribution is -0.137. The van der Waals surface area contributed by atoms with Gasteiger partial charge in [0.1, 0.15) is 12.4 Å². The Morgan fingerprint density at radius 1 is 1.02 bits per heavy atom. The number of aryl methyl sites for hydroxylation is 1. The lowest BCUT2D eigenvalue weighted by Gasteiger charge is -2.46. The monoisotopic (exact) mass is 582 g/mol. The van der Waals surface area contributed by atoms with Crippen LogP contribution in [0.4, 0.5) is 0 Å². The maximum absolute atomic E-state index is 10.8. The van der Waals surface area contributed by atoms with E-state index in [0.717, 1.165) is 80.8 Å². The first-order chi connectivity index (χ1) is 21.0. The topological polar surface area (TPSA) is 111 Å². The summed E-state index contributed by atoms with van der Waals surface area (Å²) in [7, 11) is 0. The maximum Gasteiger partial charge on any atom is 0.303 e. The Kier molecular flexibility index (Phi) is 9.10. The van der Waals surface area contributed by atoms with Crippen molar-refractivity contribution in [3.63, 3.8) is 0 Å². The van der Waals surface area contributed by atoms with Crippen LogP contribution in [0.5, 0.6) is 5.75 Å². The van der Waals surface area contributed by atoms with E-state index in [9.17, 15) is 4.79 Å². The number of carboxylic acid groups (broad SMARTS) is 1. The molecule has 0 amide bonds. The molecule has 1 N–H and O–H groups in total. The number of aromatic nitrogens is 3. The molecule has 0 bridgehead atoms. The van der Waals surface area contributed by atoms with Crippen molar-refractivity contribution in [2.45, 2.75) is 63.7 Å². The number of carboxylic acids is 1. The van der Waals surface area contributed by atoms with E-state index in [1.807, 2.05) is 36.4 Å². The summed E-state index contributed by atoms with van der Waals surface area (Å²) in [6.07, 6.45) is 9.07. The minimum absolute atomic E-state index is 0.0543. The van der Waals surface area contributed by atoms with Crippen molar-refractivity contribution in [2.75, 3.05) is 19.7 Å². The lowest BCUT2D eigenvalue weighted by atomic mass is 9.78. The standard InChI is InChI=1S/C34H38N4O5/c39-32(40)12-9-25-7-10-30(11-8-25)41-24-27-5-3-26(4-6-27)23-38-17-14-34(15-18-38)21-28(13-19-42-34)20-31-36-33(37-43-31)29-2-1-16-35-22-29/h1-8,10-11,16,22,28H,9,12-15,17-21,23-24H2,(H,39,40). The van der Waals surface area contributed by atoms with Crippen LogP contribution in [0.1, 0.15) is 54.7 Å². The maximum atomic E-state index is 10.8. The van der Waals surface area contributed by atoms with Gasteiger partial charge in [-0.2, -0.15) is 4.98 Å². The largest absolute Gasteiger partial charge is 0.489 e. The number of pyridine rings is 1. The zero-order chi connectivity index (χ0) is 29.5. The summed E-state index contributed by atoms with van der Waals surface area (Å²) in [5.41, 5.74) is 4.23. The third kappa shape index (κ3) is 7.86. The predicted octanol–water partition coefficient (Wildman–Crippen LogP) is 5.73. The number of nitrogens with zero attached hydrogens (tertiary/aromatic N) is 4. The van der Waals surface area contributed by atoms with Crippen LogP contribution < -0.4 is 4.74 Å². The van der Waals surface area contributed by atoms with E-state index in [0.29, 0.717) is 30.7 Å². The fourth-order valence-corrected chi connectivity index (χ4v) is 6.14. The van der Waals surface area contributed by atoms with Gasteiger partial charge < -0.3 is 19.1 Å². The number of carbonyl (C=O) groups is 1. The van der Waals surface area contributed by atoms with E-state index in [4.69, 9.17) is 19.1 Å². The minimum atomic E-state index is -0.783. The molecule has 4 heterocycles. The Bertz CT molecular complexity index is 1460. The second kappa shape index (κ2) is 13.5. The molecule has 224 valence electrons. The molecule has 2 aromatic heterocycles. The van der Waals surface area contributed by atoms with Gasteiger partial charge in [0, 0.05) is 57.0 Å². The molecule has 0 radical (unpaired) electrons. The fraction of sp³-hybridized carbons (Fsp3) is 0.412. The third-order valence-corrected chi connectivity index (χ3v) is 8.60. The van der Waals surface area contributed by atoms with E-state index in [-0.39, 0.29) is 12.0 Å². The molecule has 2 fully saturated rings. The summed E-state index contributed by atoms with van der Waals surface area (Å²) >= 11 is 0. The first-order valence-electron chi connectivity index (χ1n) is 15.1. The van der Waals surface area contributed by atoms with Crippen LogP contribution in [0, 0.1) is 5.92 Å². The van der Waals surface area contributed by atoms with Gasteiger partial charge in [-0.05, 0) is 79.0 Å². The molecule has 2 aliphatic rings. The van der Waals surface area contributed by atoms with Crippen molar-refractivity contribution in [2.24, 2.45) is 5.92 Å². The number of hydrogen-bond acceptors (Lipinski definition) is 8. The van der Waals surface area contributed by atoms with Crippen molar-refractivity contribution < 1.29 is 23.9 Å². The zero-order valence-electron chi connectivity index (χ0n) is 24.4. The molecule has 9 nitrogen and oxygen atoms in total. The summed E-state index contributed by atoms with van der Waals surface area (Å²) in [6.45, 7) is 4.25. The van der Waals surface area contributed by atoms with E-state index in [1.165, 1.54) is 5.56 Å². The van der Waals surface area contributed by atoms with Crippen LogP contribution in [0.2, 0.25) is 0 Å². The zero-order valence-corrected chi connectivity index (χ0v) is 24.4. The van der Waals surface area contributed by atoms with Gasteiger partial charge in [0.05, 0.1) is 5.60 Å². The highest BCUT2D eigenvalue weighted by atomic mass is 16.5. The van der Waals surface area contributed by atoms with Gasteiger partial charge in [0.15, 0.2) is 0 Å². The molecule has 0 saturated carbocycles. The molecule has 6 rings (SSSR count). The van der Waals surface area contributed by atoms with Crippen molar-refractivity contribution in [1.29, 1.82) is 0 Å². The lowest BCUT2D eigenvalue weighted by Crippen LogP contribution is -2.49. The Labute approximate surface area is 251 Å². The number of rotatable bonds is 11. The van der Waals surface area contributed by atoms with Crippen LogP contribution >= 0.6 is 0 Å². The quantitative estimate of drug-likeness (QED) is 0.237. The van der Waals surface area contributed by atoms with E-state index < -0.39 is 5.97 Å². The first-order valence-corrected chi connectivity index (χ1v) is 15.1. The van der Waals surface area contributed by atoms with Gasteiger partial charge >= 0.3 is 5.97 Å². The van der Waals surface area contributed by atoms with Crippen LogP contribution in [0.3, 0.4) is 0 Å². The molecule has 4 aromatic rings. The van der Waals surface area contributed by atoms with Crippen molar-refractivity contribution in [3.05, 3.63) is 95.6 Å². The summed E-state index contributed by atoms with van der Waals surface area (Å²) in [6, 6.07) is 20.1. The smallest absolute Gasteiger partial charge is 0.303 e. The van der Waals surface area contributed by atoms with Gasteiger partial charge in [0.25, 0.3) is 0 Å². The highest BCUT2D eigenvalue weighted by molar-refractivity contribution is 5.67. The fourth-order valence-electron chi connectivity index (χ4n) is 6.14. The normalized spacial score (nSPS) is 18.5. The molecule has 9 heteroatoms. The Morgan fingerprint density at radius 2 is 1.79 bits per heavy atom. The van der Waals surface area contributed by atoms with Gasteiger partial charge in [-0.3, -0.25) is 14.7 Å². The summed E-state index contributed by atoms with van der Waals surface area (Å²) in [4.78, 5) is 22.0. The van der Waals surface area contributed by atoms with Gasteiger partial charge in [0.2, 0.25) is 11.7 Å². The van der Waals surface area contributed by atoms with Crippen molar-refractivity contribution in [3.8, 4) is 17.1 Å². The predicted molar refractivity (Wildman–Crippen MR) is 160 cm³/mol. The number of ether oxygens (including phenoxy) is 2. The number of aliphatic carboxylic acids is 1. The molecule has 1 atom stereocenters. The van der Waals surface area contributed by atoms with E-state index in [1.54, 1.807) is 12.4 Å². The van der Waals surface area contributed by atoms with Crippen LogP contribution in [0.15, 0.2) is 77.6 Å². The molecule has 1 unspecified atom stereocenters. The summed E-state index contributed by atoms with van der Waals surface area (Å²) in [5.74, 6) is 1.77. The third-order valence-electron chi connectivity index (χ3n) is 8.60.